The average molecular weight is 286 g/mol. The molecule has 1 aromatic heterocycles. The van der Waals surface area contributed by atoms with E-state index in [1.54, 1.807) is 0 Å². The molecule has 1 fully saturated rings. The monoisotopic (exact) mass is 286 g/mol. The summed E-state index contributed by atoms with van der Waals surface area (Å²) >= 11 is 0. The standard InChI is InChI=1S/C15H22N6/c16-18-15(10-5-2-6-11-15)14-17-19-20-21(14)12-9-13-7-3-1-4-8-13/h1,3-4,7-8,18H,2,5-6,9-12,16H2. The molecule has 21 heavy (non-hydrogen) atoms. The topological polar surface area (TPSA) is 81.7 Å². The Morgan fingerprint density at radius 2 is 1.90 bits per heavy atom. The smallest absolute Gasteiger partial charge is 0.172 e. The first-order valence-electron chi connectivity index (χ1n) is 7.62. The molecule has 1 heterocycles. The van der Waals surface area contributed by atoms with Gasteiger partial charge in [0.05, 0.1) is 5.54 Å². The van der Waals surface area contributed by atoms with E-state index in [0.717, 1.165) is 44.5 Å². The highest BCUT2D eigenvalue weighted by atomic mass is 15.6. The number of nitrogens with two attached hydrogens (primary N) is 1. The van der Waals surface area contributed by atoms with Gasteiger partial charge in [0, 0.05) is 6.54 Å². The molecule has 0 unspecified atom stereocenters. The normalized spacial score (nSPS) is 17.8. The van der Waals surface area contributed by atoms with Gasteiger partial charge < -0.3 is 0 Å². The van der Waals surface area contributed by atoms with Gasteiger partial charge in [0.25, 0.3) is 0 Å². The van der Waals surface area contributed by atoms with E-state index < -0.39 is 0 Å². The molecule has 1 saturated carbocycles. The van der Waals surface area contributed by atoms with Gasteiger partial charge in [-0.05, 0) is 35.3 Å². The average Bonchev–Trinajstić information content (AvgIpc) is 3.04. The van der Waals surface area contributed by atoms with Gasteiger partial charge in [0.2, 0.25) is 0 Å². The highest BCUT2D eigenvalue weighted by Gasteiger charge is 2.37. The van der Waals surface area contributed by atoms with Crippen LogP contribution in [0.1, 0.15) is 43.5 Å². The van der Waals surface area contributed by atoms with Crippen molar-refractivity contribution >= 4 is 0 Å². The summed E-state index contributed by atoms with van der Waals surface area (Å²) in [5.41, 5.74) is 4.02. The molecule has 2 aromatic rings. The first kappa shape index (κ1) is 14.2. The van der Waals surface area contributed by atoms with Gasteiger partial charge >= 0.3 is 0 Å². The number of benzene rings is 1. The number of hydrogen-bond donors (Lipinski definition) is 2. The van der Waals surface area contributed by atoms with Gasteiger partial charge in [-0.2, -0.15) is 0 Å². The van der Waals surface area contributed by atoms with Crippen LogP contribution < -0.4 is 11.3 Å². The minimum absolute atomic E-state index is 0.265. The van der Waals surface area contributed by atoms with E-state index in [0.29, 0.717) is 0 Å². The summed E-state index contributed by atoms with van der Waals surface area (Å²) < 4.78 is 1.90. The van der Waals surface area contributed by atoms with Gasteiger partial charge in [-0.25, -0.2) is 10.1 Å². The summed E-state index contributed by atoms with van der Waals surface area (Å²) in [4.78, 5) is 0. The lowest BCUT2D eigenvalue weighted by Crippen LogP contribution is -2.49. The van der Waals surface area contributed by atoms with E-state index >= 15 is 0 Å². The fourth-order valence-electron chi connectivity index (χ4n) is 3.17. The Morgan fingerprint density at radius 1 is 1.14 bits per heavy atom. The van der Waals surface area contributed by atoms with E-state index in [2.05, 4.69) is 45.2 Å². The lowest BCUT2D eigenvalue weighted by Gasteiger charge is -2.35. The van der Waals surface area contributed by atoms with Crippen LogP contribution in [0.2, 0.25) is 0 Å². The molecule has 1 aliphatic rings. The number of hydrazine groups is 1. The minimum Gasteiger partial charge on any atom is -0.271 e. The van der Waals surface area contributed by atoms with E-state index in [1.165, 1.54) is 12.0 Å². The van der Waals surface area contributed by atoms with Crippen molar-refractivity contribution in [1.82, 2.24) is 25.6 Å². The maximum atomic E-state index is 5.85. The van der Waals surface area contributed by atoms with Crippen molar-refractivity contribution in [2.45, 2.75) is 50.6 Å². The molecule has 0 spiro atoms. The van der Waals surface area contributed by atoms with Gasteiger partial charge in [-0.3, -0.25) is 5.84 Å². The summed E-state index contributed by atoms with van der Waals surface area (Å²) in [5, 5.41) is 12.3. The van der Waals surface area contributed by atoms with Crippen LogP contribution in [0.5, 0.6) is 0 Å². The van der Waals surface area contributed by atoms with Crippen LogP contribution in [0.4, 0.5) is 0 Å². The Balaban J connectivity index is 1.77. The van der Waals surface area contributed by atoms with E-state index in [4.69, 9.17) is 5.84 Å². The van der Waals surface area contributed by atoms with Crippen molar-refractivity contribution in [1.29, 1.82) is 0 Å². The fraction of sp³-hybridized carbons (Fsp3) is 0.533. The fourth-order valence-corrected chi connectivity index (χ4v) is 3.17. The van der Waals surface area contributed by atoms with Gasteiger partial charge in [-0.1, -0.05) is 49.6 Å². The van der Waals surface area contributed by atoms with Crippen LogP contribution in [0, 0.1) is 0 Å². The lowest BCUT2D eigenvalue weighted by molar-refractivity contribution is 0.212. The number of aryl methyl sites for hydroxylation is 2. The number of nitrogens with zero attached hydrogens (tertiary/aromatic N) is 4. The highest BCUT2D eigenvalue weighted by Crippen LogP contribution is 2.34. The number of nitrogens with one attached hydrogen (secondary N) is 1. The maximum absolute atomic E-state index is 5.85. The highest BCUT2D eigenvalue weighted by molar-refractivity contribution is 5.15. The largest absolute Gasteiger partial charge is 0.271 e. The summed E-state index contributed by atoms with van der Waals surface area (Å²) in [6.07, 6.45) is 6.49. The molecular weight excluding hydrogens is 264 g/mol. The van der Waals surface area contributed by atoms with Gasteiger partial charge in [0.15, 0.2) is 5.82 Å². The van der Waals surface area contributed by atoms with Gasteiger partial charge in [-0.15, -0.1) is 5.10 Å². The molecule has 6 nitrogen and oxygen atoms in total. The molecule has 0 amide bonds. The zero-order chi connectivity index (χ0) is 14.5. The summed E-state index contributed by atoms with van der Waals surface area (Å²) in [6.45, 7) is 0.774. The van der Waals surface area contributed by atoms with Crippen LogP contribution in [0.25, 0.3) is 0 Å². The second kappa shape index (κ2) is 6.32. The van der Waals surface area contributed by atoms with E-state index in [9.17, 15) is 0 Å². The zero-order valence-corrected chi connectivity index (χ0v) is 12.2. The molecule has 1 aromatic carbocycles. The Bertz CT molecular complexity index is 559. The third kappa shape index (κ3) is 2.96. The third-order valence-corrected chi connectivity index (χ3v) is 4.40. The molecule has 0 saturated heterocycles. The van der Waals surface area contributed by atoms with Crippen molar-refractivity contribution in [2.24, 2.45) is 5.84 Å². The van der Waals surface area contributed by atoms with Gasteiger partial charge in [0.1, 0.15) is 0 Å². The Morgan fingerprint density at radius 3 is 2.62 bits per heavy atom. The molecule has 1 aliphatic carbocycles. The third-order valence-electron chi connectivity index (χ3n) is 4.40. The van der Waals surface area contributed by atoms with Crippen molar-refractivity contribution in [3.63, 3.8) is 0 Å². The van der Waals surface area contributed by atoms with Crippen LogP contribution in [0.15, 0.2) is 30.3 Å². The quantitative estimate of drug-likeness (QED) is 0.643. The first-order valence-corrected chi connectivity index (χ1v) is 7.62. The van der Waals surface area contributed by atoms with Crippen molar-refractivity contribution in [3.05, 3.63) is 41.7 Å². The molecule has 112 valence electrons. The zero-order valence-electron chi connectivity index (χ0n) is 12.2. The number of tetrazole rings is 1. The second-order valence-electron chi connectivity index (χ2n) is 5.75. The molecule has 3 rings (SSSR count). The maximum Gasteiger partial charge on any atom is 0.172 e. The molecule has 0 radical (unpaired) electrons. The number of aromatic nitrogens is 4. The van der Waals surface area contributed by atoms with Crippen LogP contribution in [0.3, 0.4) is 0 Å². The molecule has 0 bridgehead atoms. The Hall–Kier alpha value is -1.79. The summed E-state index contributed by atoms with van der Waals surface area (Å²) in [6, 6.07) is 10.4. The molecule has 6 heteroatoms. The number of hydrogen-bond acceptors (Lipinski definition) is 5. The predicted octanol–water partition coefficient (Wildman–Crippen LogP) is 1.54. The van der Waals surface area contributed by atoms with E-state index in [-0.39, 0.29) is 5.54 Å². The molecule has 0 atom stereocenters. The Labute approximate surface area is 124 Å². The molecule has 0 aliphatic heterocycles. The first-order chi connectivity index (χ1) is 10.3. The molecule has 3 N–H and O–H groups in total. The second-order valence-corrected chi connectivity index (χ2v) is 5.75. The van der Waals surface area contributed by atoms with Crippen molar-refractivity contribution in [2.75, 3.05) is 0 Å². The van der Waals surface area contributed by atoms with Crippen LogP contribution in [-0.4, -0.2) is 20.2 Å². The van der Waals surface area contributed by atoms with Crippen LogP contribution in [-0.2, 0) is 18.5 Å². The van der Waals surface area contributed by atoms with E-state index in [1.807, 2.05) is 10.7 Å². The lowest BCUT2D eigenvalue weighted by atomic mass is 9.81. The van der Waals surface area contributed by atoms with Crippen molar-refractivity contribution in [3.8, 4) is 0 Å². The van der Waals surface area contributed by atoms with Crippen molar-refractivity contribution < 1.29 is 0 Å². The predicted molar refractivity (Wildman–Crippen MR) is 80.0 cm³/mol. The minimum atomic E-state index is -0.265. The summed E-state index contributed by atoms with van der Waals surface area (Å²) in [7, 11) is 0. The van der Waals surface area contributed by atoms with Crippen LogP contribution >= 0.6 is 0 Å². The Kier molecular flexibility index (Phi) is 4.26. The SMILES string of the molecule is NNC1(c2nnnn2CCc2ccccc2)CCCCC1. The molecular formula is C15H22N6. The number of rotatable bonds is 5. The summed E-state index contributed by atoms with van der Waals surface area (Å²) in [5.74, 6) is 6.72.